The van der Waals surface area contributed by atoms with E-state index in [1.165, 1.54) is 11.8 Å². The normalized spacial score (nSPS) is 24.1. The highest BCUT2D eigenvalue weighted by atomic mass is 32.2. The molecular weight excluding hydrogens is 274 g/mol. The molecular formula is C11H13NO4S2. The van der Waals surface area contributed by atoms with E-state index in [1.807, 2.05) is 0 Å². The van der Waals surface area contributed by atoms with Gasteiger partial charge >= 0.3 is 0 Å². The molecule has 1 aliphatic heterocycles. The second kappa shape index (κ2) is 4.91. The van der Waals surface area contributed by atoms with Gasteiger partial charge in [0.05, 0.1) is 10.6 Å². The second-order valence-electron chi connectivity index (χ2n) is 4.21. The molecule has 1 aliphatic rings. The van der Waals surface area contributed by atoms with E-state index in [0.29, 0.717) is 5.75 Å². The molecule has 0 amide bonds. The molecule has 2 rings (SSSR count). The van der Waals surface area contributed by atoms with Crippen LogP contribution in [0.4, 0.5) is 0 Å². The lowest BCUT2D eigenvalue weighted by Crippen LogP contribution is -2.90. The molecule has 0 radical (unpaired) electrons. The smallest absolute Gasteiger partial charge is 0.175 e. The van der Waals surface area contributed by atoms with Crippen LogP contribution < -0.4 is 10.4 Å². The van der Waals surface area contributed by atoms with Crippen LogP contribution in [0.25, 0.3) is 0 Å². The Morgan fingerprint density at radius 3 is 2.44 bits per heavy atom. The van der Waals surface area contributed by atoms with Crippen LogP contribution in [0.15, 0.2) is 29.2 Å². The lowest BCUT2D eigenvalue weighted by atomic mass is 10.2. The monoisotopic (exact) mass is 287 g/mol. The molecule has 2 N–H and O–H groups in total. The molecule has 0 bridgehead atoms. The Bertz CT molecular complexity index is 553. The SMILES string of the molecule is CS(=O)(=O)c1ccc([C@H]2[NH2+][C@@H](C(=O)[O-])CS2)cc1. The van der Waals surface area contributed by atoms with Gasteiger partial charge in [-0.2, -0.15) is 0 Å². The molecule has 0 spiro atoms. The van der Waals surface area contributed by atoms with Crippen molar-refractivity contribution in [3.63, 3.8) is 0 Å². The van der Waals surface area contributed by atoms with Crippen molar-refractivity contribution in [1.29, 1.82) is 0 Å². The van der Waals surface area contributed by atoms with Crippen molar-refractivity contribution in [3.8, 4) is 0 Å². The van der Waals surface area contributed by atoms with Crippen LogP contribution in [0.3, 0.4) is 0 Å². The van der Waals surface area contributed by atoms with Gasteiger partial charge in [-0.1, -0.05) is 23.9 Å². The van der Waals surface area contributed by atoms with Crippen molar-refractivity contribution in [1.82, 2.24) is 0 Å². The van der Waals surface area contributed by atoms with Crippen LogP contribution >= 0.6 is 11.8 Å². The van der Waals surface area contributed by atoms with Gasteiger partial charge in [0.1, 0.15) is 12.0 Å². The summed E-state index contributed by atoms with van der Waals surface area (Å²) in [5.41, 5.74) is 0.913. The summed E-state index contributed by atoms with van der Waals surface area (Å²) in [6.45, 7) is 0. The summed E-state index contributed by atoms with van der Waals surface area (Å²) in [5.74, 6) is -0.557. The fourth-order valence-corrected chi connectivity index (χ4v) is 3.73. The van der Waals surface area contributed by atoms with Gasteiger partial charge in [-0.15, -0.1) is 0 Å². The van der Waals surface area contributed by atoms with Gasteiger partial charge in [0, 0.05) is 11.8 Å². The molecule has 98 valence electrons. The molecule has 0 saturated carbocycles. The number of quaternary nitrogens is 1. The molecule has 18 heavy (non-hydrogen) atoms. The molecule has 2 atom stereocenters. The van der Waals surface area contributed by atoms with Crippen molar-refractivity contribution in [2.45, 2.75) is 16.3 Å². The molecule has 7 heteroatoms. The number of nitrogens with two attached hydrogens (primary N) is 1. The first-order valence-corrected chi connectivity index (χ1v) is 8.29. The van der Waals surface area contributed by atoms with Crippen molar-refractivity contribution < 1.29 is 23.6 Å². The van der Waals surface area contributed by atoms with Crippen LogP contribution in [-0.2, 0) is 14.6 Å². The summed E-state index contributed by atoms with van der Waals surface area (Å²) in [7, 11) is -3.19. The number of carbonyl (C=O) groups is 1. The van der Waals surface area contributed by atoms with E-state index in [9.17, 15) is 18.3 Å². The van der Waals surface area contributed by atoms with E-state index < -0.39 is 21.8 Å². The lowest BCUT2D eigenvalue weighted by Gasteiger charge is -2.11. The Balaban J connectivity index is 2.14. The van der Waals surface area contributed by atoms with E-state index in [4.69, 9.17) is 0 Å². The average molecular weight is 287 g/mol. The number of sulfone groups is 1. The fourth-order valence-electron chi connectivity index (χ4n) is 1.79. The van der Waals surface area contributed by atoms with Crippen LogP contribution in [-0.4, -0.2) is 32.4 Å². The Hall–Kier alpha value is -1.05. The molecule has 5 nitrogen and oxygen atoms in total. The topological polar surface area (TPSA) is 90.9 Å². The van der Waals surface area contributed by atoms with Gasteiger partial charge in [0.2, 0.25) is 0 Å². The molecule has 0 unspecified atom stereocenters. The Morgan fingerprint density at radius 1 is 1.39 bits per heavy atom. The molecule has 0 aliphatic carbocycles. The number of aliphatic carboxylic acids is 1. The highest BCUT2D eigenvalue weighted by Crippen LogP contribution is 2.27. The number of hydrogen-bond acceptors (Lipinski definition) is 5. The second-order valence-corrected chi connectivity index (χ2v) is 7.40. The molecule has 1 heterocycles. The first-order chi connectivity index (χ1) is 8.38. The van der Waals surface area contributed by atoms with Crippen molar-refractivity contribution in [3.05, 3.63) is 29.8 Å². The summed E-state index contributed by atoms with van der Waals surface area (Å²) in [4.78, 5) is 11.0. The largest absolute Gasteiger partial charge is 0.544 e. The van der Waals surface area contributed by atoms with Gasteiger partial charge in [0.15, 0.2) is 15.2 Å². The number of hydrogen-bond donors (Lipinski definition) is 1. The minimum atomic E-state index is -3.19. The Kier molecular flexibility index (Phi) is 3.65. The third-order valence-corrected chi connectivity index (χ3v) is 5.27. The maximum atomic E-state index is 11.3. The van der Waals surface area contributed by atoms with Crippen LogP contribution in [0.1, 0.15) is 10.9 Å². The summed E-state index contributed by atoms with van der Waals surface area (Å²) < 4.78 is 22.6. The van der Waals surface area contributed by atoms with Gasteiger partial charge in [-0.3, -0.25) is 0 Å². The van der Waals surface area contributed by atoms with Gasteiger partial charge in [-0.05, 0) is 12.1 Å². The third-order valence-electron chi connectivity index (χ3n) is 2.80. The number of carboxylic acid groups (broad SMARTS) is 1. The molecule has 1 saturated heterocycles. The summed E-state index contributed by atoms with van der Waals surface area (Å²) in [5, 5.41) is 12.4. The maximum absolute atomic E-state index is 11.3. The minimum absolute atomic E-state index is 0.0125. The molecule has 1 aromatic carbocycles. The number of benzene rings is 1. The van der Waals surface area contributed by atoms with Gasteiger partial charge in [0.25, 0.3) is 0 Å². The number of rotatable bonds is 3. The minimum Gasteiger partial charge on any atom is -0.544 e. The Morgan fingerprint density at radius 2 is 2.00 bits per heavy atom. The Labute approximate surface area is 110 Å². The van der Waals surface area contributed by atoms with Crippen molar-refractivity contribution in [2.75, 3.05) is 12.0 Å². The van der Waals surface area contributed by atoms with Crippen molar-refractivity contribution >= 4 is 27.6 Å². The van der Waals surface area contributed by atoms with E-state index in [2.05, 4.69) is 0 Å². The molecule has 0 aromatic heterocycles. The predicted molar refractivity (Wildman–Crippen MR) is 65.5 cm³/mol. The fraction of sp³-hybridized carbons (Fsp3) is 0.364. The van der Waals surface area contributed by atoms with Crippen LogP contribution in [0.5, 0.6) is 0 Å². The average Bonchev–Trinajstić information content (AvgIpc) is 2.77. The van der Waals surface area contributed by atoms with E-state index in [1.54, 1.807) is 29.6 Å². The predicted octanol–water partition coefficient (Wildman–Crippen LogP) is -1.48. The van der Waals surface area contributed by atoms with Gasteiger partial charge in [-0.25, -0.2) is 8.42 Å². The number of carboxylic acids is 1. The summed E-state index contributed by atoms with van der Waals surface area (Å²) in [6, 6.07) is 6.01. The number of thioether (sulfide) groups is 1. The summed E-state index contributed by atoms with van der Waals surface area (Å²) in [6.07, 6.45) is 1.16. The zero-order valence-electron chi connectivity index (χ0n) is 9.70. The highest BCUT2D eigenvalue weighted by Gasteiger charge is 2.30. The van der Waals surface area contributed by atoms with Gasteiger partial charge < -0.3 is 15.2 Å². The van der Waals surface area contributed by atoms with Crippen molar-refractivity contribution in [2.24, 2.45) is 0 Å². The molecule has 1 aromatic rings. The van der Waals surface area contributed by atoms with E-state index in [0.717, 1.165) is 11.8 Å². The standard InChI is InChI=1S/C11H13NO4S2/c1-18(15,16)8-4-2-7(3-5-8)10-12-9(6-17-10)11(13)14/h2-5,9-10,12H,6H2,1H3,(H,13,14)/t9-,10+/m1/s1. The number of carbonyl (C=O) groups excluding carboxylic acids is 1. The first-order valence-electron chi connectivity index (χ1n) is 5.35. The van der Waals surface area contributed by atoms with E-state index >= 15 is 0 Å². The summed E-state index contributed by atoms with van der Waals surface area (Å²) >= 11 is 1.52. The third kappa shape index (κ3) is 2.85. The van der Waals surface area contributed by atoms with E-state index in [-0.39, 0.29) is 10.3 Å². The molecule has 1 fully saturated rings. The lowest BCUT2D eigenvalue weighted by molar-refractivity contribution is -0.690. The van der Waals surface area contributed by atoms with Crippen LogP contribution in [0, 0.1) is 0 Å². The maximum Gasteiger partial charge on any atom is 0.175 e. The zero-order valence-corrected chi connectivity index (χ0v) is 11.3. The quantitative estimate of drug-likeness (QED) is 0.732. The van der Waals surface area contributed by atoms with Crippen LogP contribution in [0.2, 0.25) is 0 Å². The zero-order chi connectivity index (χ0) is 13.3. The first kappa shape index (κ1) is 13.4. The highest BCUT2D eigenvalue weighted by molar-refractivity contribution is 7.99.